The molecule has 0 saturated carbocycles. The Morgan fingerprint density at radius 3 is 2.00 bits per heavy atom. The summed E-state index contributed by atoms with van der Waals surface area (Å²) in [5, 5.41) is 11.1. The number of benzene rings is 3. The van der Waals surface area contributed by atoms with Gasteiger partial charge in [-0.3, -0.25) is 4.90 Å². The van der Waals surface area contributed by atoms with E-state index in [0.717, 1.165) is 43.3 Å². The number of nitrogens with zero attached hydrogens (tertiary/aromatic N) is 3. The molecule has 0 N–H and O–H groups in total. The number of halogens is 3. The van der Waals surface area contributed by atoms with Gasteiger partial charge in [-0.1, -0.05) is 72.1 Å². The Balaban J connectivity index is 0.000000352. The van der Waals surface area contributed by atoms with Crippen molar-refractivity contribution in [3.05, 3.63) is 99.0 Å². The van der Waals surface area contributed by atoms with Gasteiger partial charge < -0.3 is 4.90 Å². The molecule has 0 bridgehead atoms. The van der Waals surface area contributed by atoms with Gasteiger partial charge in [0.1, 0.15) is 0 Å². The average molecular weight is 487 g/mol. The largest absolute Gasteiger partial charge is 0.368 e. The van der Waals surface area contributed by atoms with Crippen LogP contribution in [0.2, 0.25) is 15.1 Å². The van der Waals surface area contributed by atoms with Crippen LogP contribution in [-0.2, 0) is 0 Å². The molecule has 0 radical (unpaired) electrons. The monoisotopic (exact) mass is 485 g/mol. The maximum atomic E-state index is 8.96. The first-order chi connectivity index (χ1) is 15.5. The molecule has 4 rings (SSSR count). The Morgan fingerprint density at radius 2 is 1.50 bits per heavy atom. The van der Waals surface area contributed by atoms with E-state index < -0.39 is 0 Å². The van der Waals surface area contributed by atoms with Crippen LogP contribution in [0.1, 0.15) is 30.5 Å². The summed E-state index contributed by atoms with van der Waals surface area (Å²) in [6, 6.07) is 25.7. The van der Waals surface area contributed by atoms with Crippen molar-refractivity contribution in [1.29, 1.82) is 5.26 Å². The van der Waals surface area contributed by atoms with Gasteiger partial charge in [0.2, 0.25) is 0 Å². The molecule has 0 aliphatic carbocycles. The summed E-state index contributed by atoms with van der Waals surface area (Å²) >= 11 is 17.9. The maximum Gasteiger partial charge on any atom is 0.0991 e. The second-order valence-electron chi connectivity index (χ2n) is 7.57. The van der Waals surface area contributed by atoms with Gasteiger partial charge in [-0.25, -0.2) is 0 Å². The zero-order chi connectivity index (χ0) is 22.9. The fraction of sp³-hybridized carbons (Fsp3) is 0.269. The standard InChI is InChI=1S/C20H21Cl2N3.C6H5Cl/c1-2-19(16-5-3-15(14-23)4-6-16)24-9-11-25(12-10-24)20-8-7-17(21)13-18(20)22;7-6-4-2-1-3-5-6/h3-8,13,19H,2,9-12H2,1H3;1-5H. The van der Waals surface area contributed by atoms with Gasteiger partial charge in [-0.15, -0.1) is 0 Å². The van der Waals surface area contributed by atoms with Crippen molar-refractivity contribution in [1.82, 2.24) is 4.90 Å². The second kappa shape index (κ2) is 12.1. The minimum Gasteiger partial charge on any atom is -0.368 e. The maximum absolute atomic E-state index is 8.96. The van der Waals surface area contributed by atoms with Gasteiger partial charge in [0.25, 0.3) is 0 Å². The van der Waals surface area contributed by atoms with E-state index in [1.54, 1.807) is 6.07 Å². The minimum absolute atomic E-state index is 0.385. The Hall–Kier alpha value is -2.22. The normalized spacial score (nSPS) is 14.8. The Labute approximate surface area is 205 Å². The molecular weight excluding hydrogens is 461 g/mol. The van der Waals surface area contributed by atoms with Crippen LogP contribution in [0.15, 0.2) is 72.8 Å². The van der Waals surface area contributed by atoms with Crippen molar-refractivity contribution in [2.45, 2.75) is 19.4 Å². The molecule has 1 aliphatic heterocycles. The summed E-state index contributed by atoms with van der Waals surface area (Å²) in [5.74, 6) is 0. The van der Waals surface area contributed by atoms with Crippen LogP contribution in [0.25, 0.3) is 0 Å². The van der Waals surface area contributed by atoms with Crippen LogP contribution in [-0.4, -0.2) is 31.1 Å². The van der Waals surface area contributed by atoms with E-state index >= 15 is 0 Å². The molecule has 1 unspecified atom stereocenters. The Kier molecular flexibility index (Phi) is 9.26. The second-order valence-corrected chi connectivity index (χ2v) is 8.85. The van der Waals surface area contributed by atoms with Gasteiger partial charge in [-0.2, -0.15) is 5.26 Å². The van der Waals surface area contributed by atoms with E-state index in [-0.39, 0.29) is 0 Å². The minimum atomic E-state index is 0.385. The first kappa shape index (κ1) is 24.4. The highest BCUT2D eigenvalue weighted by molar-refractivity contribution is 6.36. The van der Waals surface area contributed by atoms with Gasteiger partial charge in [0.05, 0.1) is 22.3 Å². The quantitative estimate of drug-likeness (QED) is 0.383. The molecule has 32 heavy (non-hydrogen) atoms. The topological polar surface area (TPSA) is 30.3 Å². The number of hydrogen-bond acceptors (Lipinski definition) is 3. The lowest BCUT2D eigenvalue weighted by Gasteiger charge is -2.40. The highest BCUT2D eigenvalue weighted by atomic mass is 35.5. The van der Waals surface area contributed by atoms with E-state index in [1.807, 2.05) is 54.6 Å². The lowest BCUT2D eigenvalue weighted by molar-refractivity contribution is 0.181. The number of hydrogen-bond donors (Lipinski definition) is 0. The van der Waals surface area contributed by atoms with Crippen LogP contribution in [0.5, 0.6) is 0 Å². The number of rotatable bonds is 4. The van der Waals surface area contributed by atoms with Gasteiger partial charge in [0, 0.05) is 42.3 Å². The zero-order valence-corrected chi connectivity index (χ0v) is 20.3. The SMILES string of the molecule is CCC(c1ccc(C#N)cc1)N1CCN(c2ccc(Cl)cc2Cl)CC1.Clc1ccccc1. The summed E-state index contributed by atoms with van der Waals surface area (Å²) in [5.41, 5.74) is 3.04. The molecule has 1 fully saturated rings. The van der Waals surface area contributed by atoms with Crippen LogP contribution in [0.4, 0.5) is 5.69 Å². The smallest absolute Gasteiger partial charge is 0.0991 e. The van der Waals surface area contributed by atoms with Crippen molar-refractivity contribution in [2.75, 3.05) is 31.1 Å². The number of nitriles is 1. The summed E-state index contributed by atoms with van der Waals surface area (Å²) < 4.78 is 0. The van der Waals surface area contributed by atoms with E-state index in [9.17, 15) is 0 Å². The van der Waals surface area contributed by atoms with E-state index in [1.165, 1.54) is 5.56 Å². The molecule has 1 aliphatic rings. The Morgan fingerprint density at radius 1 is 0.844 bits per heavy atom. The average Bonchev–Trinajstić information content (AvgIpc) is 2.82. The van der Waals surface area contributed by atoms with Gasteiger partial charge in [0.15, 0.2) is 0 Å². The lowest BCUT2D eigenvalue weighted by Crippen LogP contribution is -2.47. The molecule has 3 aromatic carbocycles. The van der Waals surface area contributed by atoms with Crippen LogP contribution >= 0.6 is 34.8 Å². The zero-order valence-electron chi connectivity index (χ0n) is 18.0. The van der Waals surface area contributed by atoms with Crippen LogP contribution in [0, 0.1) is 11.3 Å². The van der Waals surface area contributed by atoms with Gasteiger partial charge in [-0.05, 0) is 54.4 Å². The molecule has 3 nitrogen and oxygen atoms in total. The molecule has 1 saturated heterocycles. The number of anilines is 1. The summed E-state index contributed by atoms with van der Waals surface area (Å²) in [4.78, 5) is 4.84. The van der Waals surface area contributed by atoms with Crippen molar-refractivity contribution >= 4 is 40.5 Å². The number of piperazine rings is 1. The third-order valence-corrected chi connectivity index (χ3v) is 6.34. The molecule has 0 spiro atoms. The molecule has 3 aromatic rings. The van der Waals surface area contributed by atoms with E-state index in [2.05, 4.69) is 34.9 Å². The van der Waals surface area contributed by atoms with Crippen molar-refractivity contribution in [3.63, 3.8) is 0 Å². The molecule has 0 amide bonds. The molecule has 166 valence electrons. The summed E-state index contributed by atoms with van der Waals surface area (Å²) in [6.07, 6.45) is 1.05. The van der Waals surface area contributed by atoms with Crippen molar-refractivity contribution < 1.29 is 0 Å². The first-order valence-electron chi connectivity index (χ1n) is 10.7. The third kappa shape index (κ3) is 6.64. The molecular formula is C26H26Cl3N3. The van der Waals surface area contributed by atoms with E-state index in [4.69, 9.17) is 40.1 Å². The molecule has 1 heterocycles. The van der Waals surface area contributed by atoms with Crippen molar-refractivity contribution in [2.24, 2.45) is 0 Å². The Bertz CT molecular complexity index is 1020. The lowest BCUT2D eigenvalue weighted by atomic mass is 10.0. The molecule has 6 heteroatoms. The highest BCUT2D eigenvalue weighted by Crippen LogP contribution is 2.31. The fourth-order valence-electron chi connectivity index (χ4n) is 3.91. The summed E-state index contributed by atoms with van der Waals surface area (Å²) in [7, 11) is 0. The van der Waals surface area contributed by atoms with E-state index in [0.29, 0.717) is 21.7 Å². The molecule has 1 atom stereocenters. The predicted octanol–water partition coefficient (Wildman–Crippen LogP) is 7.48. The highest BCUT2D eigenvalue weighted by Gasteiger charge is 2.24. The van der Waals surface area contributed by atoms with Crippen molar-refractivity contribution in [3.8, 4) is 6.07 Å². The van der Waals surface area contributed by atoms with Crippen LogP contribution < -0.4 is 4.90 Å². The fourth-order valence-corrected chi connectivity index (χ4v) is 4.58. The predicted molar refractivity (Wildman–Crippen MR) is 136 cm³/mol. The van der Waals surface area contributed by atoms with Crippen LogP contribution in [0.3, 0.4) is 0 Å². The molecule has 0 aromatic heterocycles. The first-order valence-corrected chi connectivity index (χ1v) is 11.8. The summed E-state index contributed by atoms with van der Waals surface area (Å²) in [6.45, 7) is 6.06. The third-order valence-electron chi connectivity index (χ3n) is 5.55. The van der Waals surface area contributed by atoms with Gasteiger partial charge >= 0.3 is 0 Å².